The van der Waals surface area contributed by atoms with Gasteiger partial charge in [0.1, 0.15) is 18.9 Å². The Morgan fingerprint density at radius 3 is 2.96 bits per heavy atom. The molecule has 0 bridgehead atoms. The van der Waals surface area contributed by atoms with Crippen LogP contribution in [0.25, 0.3) is 11.2 Å². The highest BCUT2D eigenvalue weighted by atomic mass is 32.1. The third-order valence-electron chi connectivity index (χ3n) is 2.98. The quantitative estimate of drug-likeness (QED) is 0.280. The molecule has 126 valence electrons. The first kappa shape index (κ1) is 17.2. The van der Waals surface area contributed by atoms with Gasteiger partial charge in [0.15, 0.2) is 11.2 Å². The first-order chi connectivity index (χ1) is 10.8. The highest BCUT2D eigenvalue weighted by Crippen LogP contribution is 2.07. The van der Waals surface area contributed by atoms with Crippen molar-refractivity contribution in [3.8, 4) is 0 Å². The number of hydrogen-bond acceptors (Lipinski definition) is 9. The number of ether oxygens (including phenoxy) is 2. The van der Waals surface area contributed by atoms with Crippen LogP contribution in [0.5, 0.6) is 0 Å². The van der Waals surface area contributed by atoms with Crippen LogP contribution in [0.1, 0.15) is 6.92 Å². The molecule has 0 amide bonds. The summed E-state index contributed by atoms with van der Waals surface area (Å²) in [5.41, 5.74) is 10.1. The number of rotatable bonds is 7. The van der Waals surface area contributed by atoms with Gasteiger partial charge in [-0.3, -0.25) is 19.1 Å². The number of aromatic amines is 1. The van der Waals surface area contributed by atoms with E-state index in [2.05, 4.69) is 27.6 Å². The number of H-pyrrole nitrogens is 1. The summed E-state index contributed by atoms with van der Waals surface area (Å²) in [4.78, 5) is 33.5. The number of carbonyl (C=O) groups excluding carboxylic acids is 1. The van der Waals surface area contributed by atoms with Crippen molar-refractivity contribution >= 4 is 35.7 Å². The zero-order valence-electron chi connectivity index (χ0n) is 12.5. The highest BCUT2D eigenvalue weighted by molar-refractivity contribution is 7.80. The van der Waals surface area contributed by atoms with E-state index in [9.17, 15) is 9.59 Å². The number of nitrogens with two attached hydrogens (primary N) is 2. The predicted molar refractivity (Wildman–Crippen MR) is 85.9 cm³/mol. The lowest BCUT2D eigenvalue weighted by Crippen LogP contribution is -2.48. The lowest BCUT2D eigenvalue weighted by Gasteiger charge is -2.19. The van der Waals surface area contributed by atoms with Crippen molar-refractivity contribution in [3.05, 3.63) is 16.7 Å². The number of nitrogens with zero attached hydrogens (tertiary/aromatic N) is 3. The van der Waals surface area contributed by atoms with E-state index in [-0.39, 0.29) is 37.2 Å². The predicted octanol–water partition coefficient (Wildman–Crippen LogP) is -1.13. The van der Waals surface area contributed by atoms with Crippen LogP contribution in [0, 0.1) is 0 Å². The standard InChI is InChI=1S/C12H18N6O4S/c1-12(14,4-23)10(20)22-3-2-21-6-18-5-15-7-8(18)16-11(13)17-9(7)19/h5,23H,2-4,6,14H2,1H3,(H3,13,16,17,19)/t12-/m1/s1. The van der Waals surface area contributed by atoms with Gasteiger partial charge in [-0.1, -0.05) is 0 Å². The zero-order valence-corrected chi connectivity index (χ0v) is 13.4. The summed E-state index contributed by atoms with van der Waals surface area (Å²) in [5, 5.41) is 0. The van der Waals surface area contributed by atoms with Gasteiger partial charge < -0.3 is 20.9 Å². The van der Waals surface area contributed by atoms with Crippen LogP contribution in [0.3, 0.4) is 0 Å². The molecule has 10 nitrogen and oxygen atoms in total. The number of fused-ring (bicyclic) bond motifs is 1. The van der Waals surface area contributed by atoms with Crippen LogP contribution in [0.4, 0.5) is 5.95 Å². The van der Waals surface area contributed by atoms with E-state index in [4.69, 9.17) is 20.9 Å². The van der Waals surface area contributed by atoms with Gasteiger partial charge in [0, 0.05) is 5.75 Å². The number of hydrogen-bond donors (Lipinski definition) is 4. The number of nitrogens with one attached hydrogen (secondary N) is 1. The molecule has 0 spiro atoms. The van der Waals surface area contributed by atoms with Crippen LogP contribution < -0.4 is 17.0 Å². The molecule has 0 unspecified atom stereocenters. The molecule has 2 aromatic rings. The highest BCUT2D eigenvalue weighted by Gasteiger charge is 2.28. The lowest BCUT2D eigenvalue weighted by atomic mass is 10.1. The third kappa shape index (κ3) is 4.00. The Morgan fingerprint density at radius 1 is 1.52 bits per heavy atom. The van der Waals surface area contributed by atoms with Crippen molar-refractivity contribution in [2.24, 2.45) is 5.73 Å². The maximum atomic E-state index is 11.6. The monoisotopic (exact) mass is 342 g/mol. The van der Waals surface area contributed by atoms with E-state index in [1.165, 1.54) is 17.8 Å². The minimum absolute atomic E-state index is 0.00725. The second kappa shape index (κ2) is 6.98. The Kier molecular flexibility index (Phi) is 5.23. The average Bonchev–Trinajstić information content (AvgIpc) is 2.90. The third-order valence-corrected chi connectivity index (χ3v) is 3.64. The maximum absolute atomic E-state index is 11.6. The molecule has 1 atom stereocenters. The van der Waals surface area contributed by atoms with Gasteiger partial charge >= 0.3 is 5.97 Å². The topological polar surface area (TPSA) is 151 Å². The van der Waals surface area contributed by atoms with E-state index in [0.29, 0.717) is 5.65 Å². The minimum Gasteiger partial charge on any atom is -0.462 e. The molecule has 0 fully saturated rings. The number of imidazole rings is 1. The molecule has 5 N–H and O–H groups in total. The molecule has 2 heterocycles. The number of esters is 1. The Morgan fingerprint density at radius 2 is 2.26 bits per heavy atom. The molecule has 23 heavy (non-hydrogen) atoms. The summed E-state index contributed by atoms with van der Waals surface area (Å²) < 4.78 is 11.9. The molecule has 2 aromatic heterocycles. The minimum atomic E-state index is -1.13. The fraction of sp³-hybridized carbons (Fsp3) is 0.500. The molecule has 2 rings (SSSR count). The number of carbonyl (C=O) groups is 1. The molecular formula is C12H18N6O4S. The number of anilines is 1. The van der Waals surface area contributed by atoms with Crippen LogP contribution in [-0.2, 0) is 21.0 Å². The first-order valence-corrected chi connectivity index (χ1v) is 7.34. The normalized spacial score (nSPS) is 13.9. The smallest absolute Gasteiger partial charge is 0.326 e. The molecule has 0 aliphatic rings. The molecule has 0 aromatic carbocycles. The Bertz CT molecular complexity index is 756. The van der Waals surface area contributed by atoms with Gasteiger partial charge in [-0.25, -0.2) is 4.98 Å². The van der Waals surface area contributed by atoms with Gasteiger partial charge in [0.25, 0.3) is 5.56 Å². The molecule has 0 radical (unpaired) electrons. The SMILES string of the molecule is C[C@@](N)(CS)C(=O)OCCOCn1cnc2c(=O)[nH]c(N)nc21. The number of thiol groups is 1. The molecule has 0 saturated heterocycles. The maximum Gasteiger partial charge on any atom is 0.326 e. The summed E-state index contributed by atoms with van der Waals surface area (Å²) in [7, 11) is 0. The summed E-state index contributed by atoms with van der Waals surface area (Å²) in [6.07, 6.45) is 1.41. The van der Waals surface area contributed by atoms with Gasteiger partial charge in [-0.2, -0.15) is 17.6 Å². The van der Waals surface area contributed by atoms with Crippen molar-refractivity contribution in [2.45, 2.75) is 19.2 Å². The Labute approximate surface area is 136 Å². The fourth-order valence-electron chi connectivity index (χ4n) is 1.65. The van der Waals surface area contributed by atoms with Crippen molar-refractivity contribution in [2.75, 3.05) is 24.7 Å². The molecular weight excluding hydrogens is 324 g/mol. The fourth-order valence-corrected chi connectivity index (χ4v) is 1.78. The van der Waals surface area contributed by atoms with Gasteiger partial charge in [0.2, 0.25) is 5.95 Å². The number of aromatic nitrogens is 4. The molecule has 11 heteroatoms. The second-order valence-electron chi connectivity index (χ2n) is 5.09. The Hall–Kier alpha value is -2.11. The average molecular weight is 342 g/mol. The van der Waals surface area contributed by atoms with E-state index in [1.54, 1.807) is 0 Å². The van der Waals surface area contributed by atoms with E-state index in [0.717, 1.165) is 0 Å². The molecule has 0 aliphatic heterocycles. The molecule has 0 aliphatic carbocycles. The largest absolute Gasteiger partial charge is 0.462 e. The van der Waals surface area contributed by atoms with Crippen LogP contribution in [0.15, 0.2) is 11.1 Å². The van der Waals surface area contributed by atoms with E-state index in [1.807, 2.05) is 0 Å². The van der Waals surface area contributed by atoms with E-state index >= 15 is 0 Å². The summed E-state index contributed by atoms with van der Waals surface area (Å²) in [6.45, 7) is 1.81. The molecule has 0 saturated carbocycles. The number of nitrogen functional groups attached to an aromatic ring is 1. The van der Waals surface area contributed by atoms with Gasteiger partial charge in [0.05, 0.1) is 12.9 Å². The summed E-state index contributed by atoms with van der Waals surface area (Å²) >= 11 is 3.98. The van der Waals surface area contributed by atoms with Gasteiger partial charge in [-0.05, 0) is 6.92 Å². The second-order valence-corrected chi connectivity index (χ2v) is 5.40. The lowest BCUT2D eigenvalue weighted by molar-refractivity contribution is -0.150. The van der Waals surface area contributed by atoms with Crippen LogP contribution >= 0.6 is 12.6 Å². The summed E-state index contributed by atoms with van der Waals surface area (Å²) in [5.74, 6) is -0.382. The first-order valence-electron chi connectivity index (χ1n) is 6.70. The summed E-state index contributed by atoms with van der Waals surface area (Å²) in [6, 6.07) is 0. The zero-order chi connectivity index (χ0) is 17.0. The van der Waals surface area contributed by atoms with Crippen molar-refractivity contribution < 1.29 is 14.3 Å². The van der Waals surface area contributed by atoms with Crippen LogP contribution in [0.2, 0.25) is 0 Å². The Balaban J connectivity index is 1.86. The van der Waals surface area contributed by atoms with Crippen molar-refractivity contribution in [3.63, 3.8) is 0 Å². The van der Waals surface area contributed by atoms with E-state index < -0.39 is 17.1 Å². The van der Waals surface area contributed by atoms with Crippen molar-refractivity contribution in [1.82, 2.24) is 19.5 Å². The van der Waals surface area contributed by atoms with Crippen LogP contribution in [-0.4, -0.2) is 50.0 Å². The van der Waals surface area contributed by atoms with Crippen molar-refractivity contribution in [1.29, 1.82) is 0 Å². The van der Waals surface area contributed by atoms with Gasteiger partial charge in [-0.15, -0.1) is 0 Å².